The van der Waals surface area contributed by atoms with Gasteiger partial charge in [-0.15, -0.1) is 0 Å². The number of benzene rings is 2. The highest BCUT2D eigenvalue weighted by atomic mass is 32.2. The first-order valence-corrected chi connectivity index (χ1v) is 7.23. The highest BCUT2D eigenvalue weighted by Gasteiger charge is 2.31. The van der Waals surface area contributed by atoms with Gasteiger partial charge in [0, 0.05) is 0 Å². The average Bonchev–Trinajstić information content (AvgIpc) is 2.42. The Hall–Kier alpha value is -2.30. The molecule has 0 spiro atoms. The molecule has 20 heavy (non-hydrogen) atoms. The molecule has 0 saturated heterocycles. The molecule has 102 valence electrons. The maximum absolute atomic E-state index is 12.9. The first kappa shape index (κ1) is 14.1. The molecule has 0 atom stereocenters. The van der Waals surface area contributed by atoms with E-state index in [1.165, 1.54) is 24.3 Å². The van der Waals surface area contributed by atoms with Gasteiger partial charge < -0.3 is 5.53 Å². The molecule has 0 N–H and O–H groups in total. The quantitative estimate of drug-likeness (QED) is 0.369. The molecule has 2 aromatic carbocycles. The molecule has 0 aliphatic heterocycles. The molecule has 0 amide bonds. The molecule has 2 aromatic rings. The molecule has 2 rings (SSSR count). The third kappa shape index (κ3) is 2.66. The van der Waals surface area contributed by atoms with E-state index in [4.69, 9.17) is 5.53 Å². The summed E-state index contributed by atoms with van der Waals surface area (Å²) in [7, 11) is -3.96. The number of rotatable bonds is 2. The second-order valence-corrected chi connectivity index (χ2v) is 6.09. The Bertz CT molecular complexity index is 775. The maximum atomic E-state index is 12.9. The van der Waals surface area contributed by atoms with Crippen LogP contribution >= 0.6 is 0 Å². The summed E-state index contributed by atoms with van der Waals surface area (Å²) < 4.78 is 37.6. The monoisotopic (exact) mass is 290 g/mol. The Kier molecular flexibility index (Phi) is 3.79. The number of nitrogens with zero attached hydrogens (tertiary/aromatic N) is 2. The van der Waals surface area contributed by atoms with Crippen LogP contribution in [0, 0.1) is 12.7 Å². The van der Waals surface area contributed by atoms with E-state index >= 15 is 0 Å². The van der Waals surface area contributed by atoms with Gasteiger partial charge in [0.25, 0.3) is 9.84 Å². The van der Waals surface area contributed by atoms with Crippen LogP contribution in [0.5, 0.6) is 0 Å². The highest BCUT2D eigenvalue weighted by Crippen LogP contribution is 2.17. The maximum Gasteiger partial charge on any atom is 0.416 e. The van der Waals surface area contributed by atoms with Gasteiger partial charge >= 0.3 is 5.04 Å². The Morgan fingerprint density at radius 1 is 1.05 bits per heavy atom. The zero-order chi connectivity index (χ0) is 14.8. The summed E-state index contributed by atoms with van der Waals surface area (Å²) >= 11 is 0. The first-order valence-electron chi connectivity index (χ1n) is 5.75. The fraction of sp³-hybridized carbons (Fsp3) is 0.0714. The van der Waals surface area contributed by atoms with Crippen molar-refractivity contribution in [1.82, 2.24) is 0 Å². The van der Waals surface area contributed by atoms with Gasteiger partial charge in [0.2, 0.25) is 0 Å². The second kappa shape index (κ2) is 5.36. The number of halogens is 1. The lowest BCUT2D eigenvalue weighted by Crippen LogP contribution is -2.17. The van der Waals surface area contributed by atoms with E-state index in [9.17, 15) is 12.8 Å². The Balaban J connectivity index is 2.54. The molecular formula is C14H11FN2O2S. The average molecular weight is 290 g/mol. The van der Waals surface area contributed by atoms with E-state index in [1.807, 2.05) is 6.92 Å². The van der Waals surface area contributed by atoms with Gasteiger partial charge in [0.15, 0.2) is 0 Å². The zero-order valence-corrected chi connectivity index (χ0v) is 11.4. The third-order valence-corrected chi connectivity index (χ3v) is 4.49. The predicted molar refractivity (Wildman–Crippen MR) is 72.5 cm³/mol. The highest BCUT2D eigenvalue weighted by molar-refractivity contribution is 8.06. The molecule has 0 aromatic heterocycles. The largest absolute Gasteiger partial charge is 0.416 e. The van der Waals surface area contributed by atoms with Gasteiger partial charge in [-0.25, -0.2) is 12.8 Å². The minimum atomic E-state index is -3.96. The van der Waals surface area contributed by atoms with Crippen molar-refractivity contribution >= 4 is 14.9 Å². The van der Waals surface area contributed by atoms with E-state index < -0.39 is 20.7 Å². The van der Waals surface area contributed by atoms with Gasteiger partial charge in [-0.1, -0.05) is 17.7 Å². The molecule has 0 unspecified atom stereocenters. The molecular weight excluding hydrogens is 279 g/mol. The van der Waals surface area contributed by atoms with Crippen LogP contribution in [0.1, 0.15) is 11.1 Å². The summed E-state index contributed by atoms with van der Waals surface area (Å²) in [5.74, 6) is -0.501. The van der Waals surface area contributed by atoms with Gasteiger partial charge in [-0.05, 0) is 43.3 Å². The number of sulfone groups is 1. The van der Waals surface area contributed by atoms with Crippen LogP contribution in [0.15, 0.2) is 53.4 Å². The molecule has 6 heteroatoms. The Morgan fingerprint density at radius 3 is 2.10 bits per heavy atom. The van der Waals surface area contributed by atoms with E-state index in [1.54, 1.807) is 12.1 Å². The summed E-state index contributed by atoms with van der Waals surface area (Å²) in [5.41, 5.74) is 10.0. The molecule has 0 bridgehead atoms. The fourth-order valence-electron chi connectivity index (χ4n) is 1.69. The predicted octanol–water partition coefficient (Wildman–Crippen LogP) is 2.58. The summed E-state index contributed by atoms with van der Waals surface area (Å²) in [6.07, 6.45) is 0. The molecule has 0 aliphatic carbocycles. The molecule has 4 nitrogen and oxygen atoms in total. The molecule has 0 heterocycles. The molecule has 0 fully saturated rings. The third-order valence-electron chi connectivity index (χ3n) is 2.77. The minimum Gasteiger partial charge on any atom is -0.360 e. The van der Waals surface area contributed by atoms with E-state index in [0.717, 1.165) is 17.7 Å². The lowest BCUT2D eigenvalue weighted by molar-refractivity contribution is 0.000602. The lowest BCUT2D eigenvalue weighted by Gasteiger charge is -2.01. The van der Waals surface area contributed by atoms with Crippen LogP contribution in [0.2, 0.25) is 0 Å². The van der Waals surface area contributed by atoms with Gasteiger partial charge in [-0.3, -0.25) is 0 Å². The SMILES string of the molecule is Cc1ccc(S(=O)(=O)C(=[N+]=[N-])c2ccc(F)cc2)cc1. The standard InChI is InChI=1S/C14H11FN2O2S/c1-10-2-8-13(9-3-10)20(18,19)14(17-16)11-4-6-12(15)7-5-11/h2-9H,1H3. The van der Waals surface area contributed by atoms with Crippen LogP contribution in [0.3, 0.4) is 0 Å². The minimum absolute atomic E-state index is 0.0141. The van der Waals surface area contributed by atoms with Crippen molar-refractivity contribution in [1.29, 1.82) is 0 Å². The molecule has 0 saturated carbocycles. The Morgan fingerprint density at radius 2 is 1.60 bits per heavy atom. The van der Waals surface area contributed by atoms with Crippen LogP contribution in [0.4, 0.5) is 4.39 Å². The smallest absolute Gasteiger partial charge is 0.360 e. The summed E-state index contributed by atoms with van der Waals surface area (Å²) in [6, 6.07) is 10.8. The van der Waals surface area contributed by atoms with Crippen molar-refractivity contribution < 1.29 is 17.6 Å². The van der Waals surface area contributed by atoms with Crippen molar-refractivity contribution in [3.8, 4) is 0 Å². The summed E-state index contributed by atoms with van der Waals surface area (Å²) in [6.45, 7) is 1.83. The van der Waals surface area contributed by atoms with Crippen molar-refractivity contribution in [3.63, 3.8) is 0 Å². The van der Waals surface area contributed by atoms with Crippen LogP contribution < -0.4 is 0 Å². The summed E-state index contributed by atoms with van der Waals surface area (Å²) in [4.78, 5) is 2.88. The van der Waals surface area contributed by atoms with Crippen LogP contribution in [-0.2, 0) is 9.84 Å². The topological polar surface area (TPSA) is 70.5 Å². The van der Waals surface area contributed by atoms with Gasteiger partial charge in [-0.2, -0.15) is 4.79 Å². The number of aryl methyl sites for hydroxylation is 1. The molecule has 0 aliphatic rings. The number of hydrogen-bond acceptors (Lipinski definition) is 2. The lowest BCUT2D eigenvalue weighted by atomic mass is 10.2. The zero-order valence-electron chi connectivity index (χ0n) is 10.6. The van der Waals surface area contributed by atoms with E-state index in [2.05, 4.69) is 4.79 Å². The van der Waals surface area contributed by atoms with E-state index in [-0.39, 0.29) is 10.5 Å². The van der Waals surface area contributed by atoms with Gasteiger partial charge in [0.05, 0.1) is 10.5 Å². The number of hydrogen-bond donors (Lipinski definition) is 0. The van der Waals surface area contributed by atoms with Crippen molar-refractivity contribution in [2.24, 2.45) is 0 Å². The van der Waals surface area contributed by atoms with E-state index in [0.29, 0.717) is 0 Å². The molecule has 0 radical (unpaired) electrons. The van der Waals surface area contributed by atoms with Crippen molar-refractivity contribution in [2.75, 3.05) is 0 Å². The van der Waals surface area contributed by atoms with Gasteiger partial charge in [0.1, 0.15) is 5.82 Å². The van der Waals surface area contributed by atoms with Crippen molar-refractivity contribution in [3.05, 3.63) is 71.0 Å². The van der Waals surface area contributed by atoms with Crippen LogP contribution in [-0.4, -0.2) is 18.3 Å². The normalized spacial score (nSPS) is 10.9. The second-order valence-electron chi connectivity index (χ2n) is 4.23. The first-order chi connectivity index (χ1) is 9.45. The fourth-order valence-corrected chi connectivity index (χ4v) is 2.96. The summed E-state index contributed by atoms with van der Waals surface area (Å²) in [5, 5.41) is -0.513. The van der Waals surface area contributed by atoms with Crippen molar-refractivity contribution in [2.45, 2.75) is 11.8 Å². The Labute approximate surface area is 116 Å². The van der Waals surface area contributed by atoms with Crippen LogP contribution in [0.25, 0.3) is 5.53 Å².